The number of halogens is 1. The standard InChI is InChI=1S/C11H12BrN3OS/c12-8-3-2-7(17-8)9-14-10(16-15-9)11(6-13)4-1-5-11/h2-3H,1,4-6,13H2. The van der Waals surface area contributed by atoms with Gasteiger partial charge in [0, 0.05) is 6.54 Å². The van der Waals surface area contributed by atoms with E-state index in [4.69, 9.17) is 10.3 Å². The second-order valence-corrected chi connectivity index (χ2v) is 6.83. The van der Waals surface area contributed by atoms with Crippen molar-refractivity contribution < 1.29 is 4.52 Å². The molecule has 17 heavy (non-hydrogen) atoms. The van der Waals surface area contributed by atoms with E-state index in [-0.39, 0.29) is 5.41 Å². The molecule has 0 aliphatic heterocycles. The molecule has 0 saturated heterocycles. The molecule has 90 valence electrons. The van der Waals surface area contributed by atoms with Crippen molar-refractivity contribution in [1.82, 2.24) is 10.1 Å². The summed E-state index contributed by atoms with van der Waals surface area (Å²) >= 11 is 5.03. The Morgan fingerprint density at radius 3 is 2.82 bits per heavy atom. The lowest BCUT2D eigenvalue weighted by Crippen LogP contribution is -2.41. The molecule has 1 saturated carbocycles. The van der Waals surface area contributed by atoms with Gasteiger partial charge in [0.1, 0.15) is 0 Å². The van der Waals surface area contributed by atoms with Gasteiger partial charge in [-0.2, -0.15) is 4.98 Å². The Kier molecular flexibility index (Phi) is 2.80. The van der Waals surface area contributed by atoms with Gasteiger partial charge in [0.2, 0.25) is 11.7 Å². The van der Waals surface area contributed by atoms with Gasteiger partial charge < -0.3 is 10.3 Å². The number of hydrogen-bond acceptors (Lipinski definition) is 5. The third-order valence-electron chi connectivity index (χ3n) is 3.37. The number of thiophene rings is 1. The molecule has 0 aromatic carbocycles. The fraction of sp³-hybridized carbons (Fsp3) is 0.455. The van der Waals surface area contributed by atoms with Crippen molar-refractivity contribution in [2.45, 2.75) is 24.7 Å². The first-order chi connectivity index (χ1) is 8.23. The Labute approximate surface area is 111 Å². The van der Waals surface area contributed by atoms with Gasteiger partial charge in [-0.15, -0.1) is 11.3 Å². The van der Waals surface area contributed by atoms with Crippen LogP contribution in [-0.4, -0.2) is 16.7 Å². The molecule has 3 rings (SSSR count). The zero-order valence-corrected chi connectivity index (χ0v) is 11.6. The fourth-order valence-corrected chi connectivity index (χ4v) is 3.39. The van der Waals surface area contributed by atoms with E-state index in [1.807, 2.05) is 12.1 Å². The Hall–Kier alpha value is -0.720. The molecule has 0 amide bonds. The SMILES string of the molecule is NCC1(c2nc(-c3ccc(Br)s3)no2)CCC1. The average molecular weight is 314 g/mol. The highest BCUT2D eigenvalue weighted by Crippen LogP contribution is 2.42. The van der Waals surface area contributed by atoms with Crippen LogP contribution in [0, 0.1) is 0 Å². The van der Waals surface area contributed by atoms with Crippen LogP contribution in [0.3, 0.4) is 0 Å². The van der Waals surface area contributed by atoms with Gasteiger partial charge in [0.05, 0.1) is 14.1 Å². The molecule has 0 bridgehead atoms. The van der Waals surface area contributed by atoms with E-state index < -0.39 is 0 Å². The molecule has 6 heteroatoms. The molecule has 2 aromatic heterocycles. The number of rotatable bonds is 3. The summed E-state index contributed by atoms with van der Waals surface area (Å²) in [6.45, 7) is 0.586. The molecule has 4 nitrogen and oxygen atoms in total. The largest absolute Gasteiger partial charge is 0.338 e. The van der Waals surface area contributed by atoms with Crippen LogP contribution in [0.25, 0.3) is 10.7 Å². The van der Waals surface area contributed by atoms with Crippen LogP contribution in [0.1, 0.15) is 25.2 Å². The van der Waals surface area contributed by atoms with Gasteiger partial charge in [0.25, 0.3) is 0 Å². The summed E-state index contributed by atoms with van der Waals surface area (Å²) in [5, 5.41) is 4.04. The molecule has 1 aliphatic rings. The van der Waals surface area contributed by atoms with Crippen molar-refractivity contribution >= 4 is 27.3 Å². The highest BCUT2D eigenvalue weighted by Gasteiger charge is 2.42. The highest BCUT2D eigenvalue weighted by atomic mass is 79.9. The molecular formula is C11H12BrN3OS. The maximum atomic E-state index is 5.82. The quantitative estimate of drug-likeness (QED) is 0.946. The van der Waals surface area contributed by atoms with Crippen molar-refractivity contribution in [1.29, 1.82) is 0 Å². The third kappa shape index (κ3) is 1.84. The molecule has 1 aliphatic carbocycles. The summed E-state index contributed by atoms with van der Waals surface area (Å²) < 4.78 is 6.44. The lowest BCUT2D eigenvalue weighted by Gasteiger charge is -2.36. The van der Waals surface area contributed by atoms with Crippen LogP contribution in [0.5, 0.6) is 0 Å². The minimum Gasteiger partial charge on any atom is -0.338 e. The maximum absolute atomic E-state index is 5.82. The van der Waals surface area contributed by atoms with E-state index in [0.717, 1.165) is 21.5 Å². The van der Waals surface area contributed by atoms with Crippen molar-refractivity contribution in [3.63, 3.8) is 0 Å². The molecular weight excluding hydrogens is 302 g/mol. The summed E-state index contributed by atoms with van der Waals surface area (Å²) in [4.78, 5) is 5.50. The van der Waals surface area contributed by atoms with Gasteiger partial charge in [-0.3, -0.25) is 0 Å². The summed E-state index contributed by atoms with van der Waals surface area (Å²) in [6.07, 6.45) is 3.30. The van der Waals surface area contributed by atoms with Crippen LogP contribution in [0.15, 0.2) is 20.4 Å². The first-order valence-electron chi connectivity index (χ1n) is 5.53. The number of aromatic nitrogens is 2. The van der Waals surface area contributed by atoms with Gasteiger partial charge in [-0.05, 0) is 40.9 Å². The lowest BCUT2D eigenvalue weighted by molar-refractivity contribution is 0.182. The van der Waals surface area contributed by atoms with Crippen molar-refractivity contribution in [2.75, 3.05) is 6.54 Å². The van der Waals surface area contributed by atoms with Crippen molar-refractivity contribution in [2.24, 2.45) is 5.73 Å². The first-order valence-corrected chi connectivity index (χ1v) is 7.14. The third-order valence-corrected chi connectivity index (χ3v) is 4.99. The molecule has 2 N–H and O–H groups in total. The predicted molar refractivity (Wildman–Crippen MR) is 69.9 cm³/mol. The normalized spacial score (nSPS) is 18.0. The van der Waals surface area contributed by atoms with Gasteiger partial charge in [-0.1, -0.05) is 11.6 Å². The molecule has 0 unspecified atom stereocenters. The van der Waals surface area contributed by atoms with E-state index in [2.05, 4.69) is 26.1 Å². The van der Waals surface area contributed by atoms with Gasteiger partial charge in [0.15, 0.2) is 0 Å². The van der Waals surface area contributed by atoms with Crippen molar-refractivity contribution in [3.05, 3.63) is 21.8 Å². The Morgan fingerprint density at radius 1 is 1.47 bits per heavy atom. The molecule has 0 atom stereocenters. The Bertz CT molecular complexity index is 527. The van der Waals surface area contributed by atoms with Crippen LogP contribution >= 0.6 is 27.3 Å². The predicted octanol–water partition coefficient (Wildman–Crippen LogP) is 2.94. The second kappa shape index (κ2) is 4.19. The van der Waals surface area contributed by atoms with Crippen LogP contribution in [0.4, 0.5) is 0 Å². The molecule has 2 aromatic rings. The number of nitrogens with zero attached hydrogens (tertiary/aromatic N) is 2. The van der Waals surface area contributed by atoms with Gasteiger partial charge >= 0.3 is 0 Å². The first kappa shape index (κ1) is 11.4. The monoisotopic (exact) mass is 313 g/mol. The Morgan fingerprint density at radius 2 is 2.29 bits per heavy atom. The minimum absolute atomic E-state index is 0.0558. The zero-order valence-electron chi connectivity index (χ0n) is 9.15. The molecule has 0 radical (unpaired) electrons. The van der Waals surface area contributed by atoms with Crippen LogP contribution in [0.2, 0.25) is 0 Å². The van der Waals surface area contributed by atoms with Crippen LogP contribution < -0.4 is 5.73 Å². The van der Waals surface area contributed by atoms with E-state index in [9.17, 15) is 0 Å². The van der Waals surface area contributed by atoms with Gasteiger partial charge in [-0.25, -0.2) is 0 Å². The lowest BCUT2D eigenvalue weighted by atomic mass is 9.69. The van der Waals surface area contributed by atoms with Crippen LogP contribution in [-0.2, 0) is 5.41 Å². The molecule has 0 spiro atoms. The smallest absolute Gasteiger partial charge is 0.234 e. The second-order valence-electron chi connectivity index (χ2n) is 4.36. The number of hydrogen-bond donors (Lipinski definition) is 1. The topological polar surface area (TPSA) is 64.9 Å². The summed E-state index contributed by atoms with van der Waals surface area (Å²) in [7, 11) is 0. The average Bonchev–Trinajstić information content (AvgIpc) is 2.86. The summed E-state index contributed by atoms with van der Waals surface area (Å²) in [5.41, 5.74) is 5.76. The van der Waals surface area contributed by atoms with E-state index in [1.54, 1.807) is 11.3 Å². The van der Waals surface area contributed by atoms with Crippen molar-refractivity contribution in [3.8, 4) is 10.7 Å². The summed E-state index contributed by atoms with van der Waals surface area (Å²) in [6, 6.07) is 3.97. The zero-order chi connectivity index (χ0) is 11.9. The highest BCUT2D eigenvalue weighted by molar-refractivity contribution is 9.11. The number of nitrogens with two attached hydrogens (primary N) is 1. The summed E-state index contributed by atoms with van der Waals surface area (Å²) in [5.74, 6) is 1.36. The fourth-order valence-electron chi connectivity index (χ4n) is 2.08. The van der Waals surface area contributed by atoms with E-state index in [1.165, 1.54) is 6.42 Å². The molecule has 1 fully saturated rings. The minimum atomic E-state index is -0.0558. The van der Waals surface area contributed by atoms with E-state index >= 15 is 0 Å². The maximum Gasteiger partial charge on any atom is 0.234 e. The van der Waals surface area contributed by atoms with E-state index in [0.29, 0.717) is 18.3 Å². The Balaban J connectivity index is 1.92. The molecule has 2 heterocycles.